The number of benzene rings is 1. The van der Waals surface area contributed by atoms with Crippen molar-refractivity contribution in [2.75, 3.05) is 0 Å². The van der Waals surface area contributed by atoms with Gasteiger partial charge in [0.05, 0.1) is 0 Å². The van der Waals surface area contributed by atoms with Crippen LogP contribution in [0.15, 0.2) is 24.3 Å². The van der Waals surface area contributed by atoms with Crippen LogP contribution in [0.1, 0.15) is 0 Å². The molecule has 1 radical (unpaired) electrons. The Labute approximate surface area is 78.2 Å². The van der Waals surface area contributed by atoms with Gasteiger partial charge in [0, 0.05) is 0 Å². The van der Waals surface area contributed by atoms with Gasteiger partial charge < -0.3 is 0 Å². The summed E-state index contributed by atoms with van der Waals surface area (Å²) in [6.45, 7) is 0. The first kappa shape index (κ1) is 10.4. The van der Waals surface area contributed by atoms with Crippen molar-refractivity contribution in [2.24, 2.45) is 0 Å². The van der Waals surface area contributed by atoms with Gasteiger partial charge in [-0.05, 0) is 0 Å². The van der Waals surface area contributed by atoms with Crippen molar-refractivity contribution >= 4 is 38.6 Å². The Balaban J connectivity index is 0.000001000. The van der Waals surface area contributed by atoms with E-state index < -0.39 is 4.92 Å². The van der Waals surface area contributed by atoms with Crippen LogP contribution in [0.2, 0.25) is 0 Å². The van der Waals surface area contributed by atoms with E-state index in [0.29, 0.717) is 4.46 Å². The number of nitrogens with zero attached hydrogens (tertiary/aromatic N) is 1. The van der Waals surface area contributed by atoms with E-state index in [-0.39, 0.29) is 18.1 Å². The molecule has 0 heterocycles. The summed E-state index contributed by atoms with van der Waals surface area (Å²) in [5.74, 6) is 0. The molecule has 0 aliphatic heterocycles. The van der Waals surface area contributed by atoms with Crippen LogP contribution in [0.3, 0.4) is 0 Å². The molecule has 0 atom stereocenters. The van der Waals surface area contributed by atoms with Gasteiger partial charge in [0.15, 0.2) is 0 Å². The Bertz CT molecular complexity index is 267. The molecule has 0 unspecified atom stereocenters. The summed E-state index contributed by atoms with van der Waals surface area (Å²) in [4.78, 5) is 9.80. The van der Waals surface area contributed by atoms with Crippen LogP contribution in [0.25, 0.3) is 0 Å². The maximum atomic E-state index is 10.2. The first-order valence-electron chi connectivity index (χ1n) is 2.62. The molecule has 59 valence electrons. The molecule has 0 saturated carbocycles. The molecule has 0 amide bonds. The number of hydrogen-bond donors (Lipinski definition) is 0. The van der Waals surface area contributed by atoms with E-state index in [4.69, 9.17) is 0 Å². The molecule has 0 bridgehead atoms. The average Bonchev–Trinajstić information content (AvgIpc) is 1.88. The normalized spacial score (nSPS) is 8.36. The monoisotopic (exact) mass is 238 g/mol. The Morgan fingerprint density at radius 3 is 2.27 bits per heavy atom. The summed E-state index contributed by atoms with van der Waals surface area (Å²) in [5.41, 5.74) is 0.127. The van der Waals surface area contributed by atoms with E-state index in [1.165, 1.54) is 6.07 Å². The second-order valence-corrected chi connectivity index (χ2v) is 2.65. The third-order valence-corrected chi connectivity index (χ3v) is 1.79. The molecule has 0 saturated heterocycles. The van der Waals surface area contributed by atoms with Crippen LogP contribution >= 0.6 is 12.4 Å². The fourth-order valence-corrected chi connectivity index (χ4v) is 1.07. The summed E-state index contributed by atoms with van der Waals surface area (Å²) < 4.78 is 0.576. The standard InChI is InChI=1S/C6H4NO2Se.ClH/c8-7(9)5-3-1-2-4-6(5)10;/h1-4H;1H. The molecule has 0 aliphatic rings. The summed E-state index contributed by atoms with van der Waals surface area (Å²) in [6.07, 6.45) is 0. The predicted molar refractivity (Wildman–Crippen MR) is 45.7 cm³/mol. The number of halogens is 1. The van der Waals surface area contributed by atoms with Crippen LogP contribution in [0.4, 0.5) is 5.69 Å². The molecule has 1 rings (SSSR count). The van der Waals surface area contributed by atoms with Gasteiger partial charge in [0.1, 0.15) is 0 Å². The second kappa shape index (κ2) is 4.34. The third kappa shape index (κ3) is 2.50. The van der Waals surface area contributed by atoms with Gasteiger partial charge in [-0.1, -0.05) is 0 Å². The number of rotatable bonds is 1. The van der Waals surface area contributed by atoms with E-state index in [1.807, 2.05) is 0 Å². The van der Waals surface area contributed by atoms with E-state index in [2.05, 4.69) is 16.0 Å². The molecular formula is C6H5ClNO2Se. The van der Waals surface area contributed by atoms with Crippen molar-refractivity contribution in [2.45, 2.75) is 0 Å². The topological polar surface area (TPSA) is 43.1 Å². The van der Waals surface area contributed by atoms with Gasteiger partial charge in [0.25, 0.3) is 0 Å². The zero-order valence-electron chi connectivity index (χ0n) is 5.39. The van der Waals surface area contributed by atoms with Crippen LogP contribution in [-0.2, 0) is 0 Å². The quantitative estimate of drug-likeness (QED) is 0.412. The van der Waals surface area contributed by atoms with Crippen LogP contribution in [-0.4, -0.2) is 20.9 Å². The molecule has 0 N–H and O–H groups in total. The number of para-hydroxylation sites is 1. The maximum absolute atomic E-state index is 10.2. The van der Waals surface area contributed by atoms with Crippen molar-refractivity contribution in [3.05, 3.63) is 34.4 Å². The van der Waals surface area contributed by atoms with Crippen molar-refractivity contribution < 1.29 is 4.92 Å². The fraction of sp³-hybridized carbons (Fsp3) is 0. The van der Waals surface area contributed by atoms with Crippen LogP contribution in [0, 0.1) is 10.1 Å². The number of nitro groups is 1. The molecular weight excluding hydrogens is 232 g/mol. The molecule has 3 nitrogen and oxygen atoms in total. The molecule has 5 heteroatoms. The number of nitro benzene ring substituents is 1. The Kier molecular flexibility index (Phi) is 4.11. The van der Waals surface area contributed by atoms with Crippen LogP contribution in [0.5, 0.6) is 0 Å². The minimum absolute atomic E-state index is 0. The fourth-order valence-electron chi connectivity index (χ4n) is 0.608. The van der Waals surface area contributed by atoms with Crippen molar-refractivity contribution in [1.82, 2.24) is 0 Å². The van der Waals surface area contributed by atoms with Gasteiger partial charge in [-0.25, -0.2) is 0 Å². The van der Waals surface area contributed by atoms with E-state index in [0.717, 1.165) is 0 Å². The van der Waals surface area contributed by atoms with Gasteiger partial charge in [-0.2, -0.15) is 0 Å². The van der Waals surface area contributed by atoms with Crippen LogP contribution < -0.4 is 4.46 Å². The molecule has 0 aliphatic carbocycles. The Morgan fingerprint density at radius 1 is 1.36 bits per heavy atom. The van der Waals surface area contributed by atoms with E-state index in [9.17, 15) is 10.1 Å². The average molecular weight is 238 g/mol. The van der Waals surface area contributed by atoms with E-state index in [1.54, 1.807) is 18.2 Å². The molecule has 0 fully saturated rings. The molecule has 11 heavy (non-hydrogen) atoms. The van der Waals surface area contributed by atoms with Crippen molar-refractivity contribution in [3.63, 3.8) is 0 Å². The third-order valence-electron chi connectivity index (χ3n) is 1.06. The zero-order valence-corrected chi connectivity index (χ0v) is 7.92. The summed E-state index contributed by atoms with van der Waals surface area (Å²) >= 11 is 2.61. The second-order valence-electron chi connectivity index (χ2n) is 1.72. The molecule has 1 aromatic carbocycles. The summed E-state index contributed by atoms with van der Waals surface area (Å²) in [5, 5.41) is 10.2. The first-order valence-corrected chi connectivity index (χ1v) is 3.48. The van der Waals surface area contributed by atoms with Crippen molar-refractivity contribution in [3.8, 4) is 0 Å². The van der Waals surface area contributed by atoms with Gasteiger partial charge in [-0.15, -0.1) is 12.4 Å². The van der Waals surface area contributed by atoms with Gasteiger partial charge in [0.2, 0.25) is 0 Å². The first-order chi connectivity index (χ1) is 4.72. The number of hydrogen-bond acceptors (Lipinski definition) is 2. The molecule has 1 aromatic rings. The predicted octanol–water partition coefficient (Wildman–Crippen LogP) is 0.810. The van der Waals surface area contributed by atoms with Gasteiger partial charge in [-0.3, -0.25) is 0 Å². The molecule has 0 aromatic heterocycles. The zero-order chi connectivity index (χ0) is 7.56. The van der Waals surface area contributed by atoms with E-state index >= 15 is 0 Å². The minimum atomic E-state index is -0.411. The SMILES string of the molecule is Cl.O=[N+]([O-])c1ccccc1[Se]. The summed E-state index contributed by atoms with van der Waals surface area (Å²) in [7, 11) is 0. The van der Waals surface area contributed by atoms with Gasteiger partial charge >= 0.3 is 65.5 Å². The Hall–Kier alpha value is -0.571. The van der Waals surface area contributed by atoms with Crippen molar-refractivity contribution in [1.29, 1.82) is 0 Å². The molecule has 0 spiro atoms. The summed E-state index contributed by atoms with van der Waals surface area (Å²) in [6, 6.07) is 6.52. The Morgan fingerprint density at radius 2 is 1.91 bits per heavy atom.